The van der Waals surface area contributed by atoms with Crippen molar-refractivity contribution in [1.29, 1.82) is 0 Å². The monoisotopic (exact) mass is 445 g/mol. The van der Waals surface area contributed by atoms with Crippen LogP contribution in [0.2, 0.25) is 0 Å². The number of morpholine rings is 1. The molecular formula is C19H22F7NO3. The lowest BCUT2D eigenvalue weighted by Gasteiger charge is -2.38. The molecule has 4 nitrogen and oxygen atoms in total. The second kappa shape index (κ2) is 9.32. The number of benzene rings is 1. The quantitative estimate of drug-likeness (QED) is 0.544. The third kappa shape index (κ3) is 4.93. The highest BCUT2D eigenvalue weighted by molar-refractivity contribution is 5.43. The fourth-order valence-electron chi connectivity index (χ4n) is 3.01. The van der Waals surface area contributed by atoms with Crippen molar-refractivity contribution in [3.63, 3.8) is 0 Å². The molecule has 0 bridgehead atoms. The highest BCUT2D eigenvalue weighted by Crippen LogP contribution is 2.50. The summed E-state index contributed by atoms with van der Waals surface area (Å²) in [6.45, 7) is -0.543. The summed E-state index contributed by atoms with van der Waals surface area (Å²) in [6, 6.07) is 4.77. The molecule has 0 N–H and O–H groups in total. The summed E-state index contributed by atoms with van der Waals surface area (Å²) in [4.78, 5) is 0.817. The molecule has 1 aromatic rings. The molecule has 0 amide bonds. The fourth-order valence-corrected chi connectivity index (χ4v) is 3.01. The Bertz CT molecular complexity index is 744. The lowest BCUT2D eigenvalue weighted by molar-refractivity contribution is -0.348. The van der Waals surface area contributed by atoms with Crippen LogP contribution < -0.4 is 9.47 Å². The van der Waals surface area contributed by atoms with Crippen LogP contribution in [0.5, 0.6) is 11.5 Å². The molecule has 1 heterocycles. The maximum atomic E-state index is 14.4. The second-order valence-electron chi connectivity index (χ2n) is 6.56. The van der Waals surface area contributed by atoms with Gasteiger partial charge < -0.3 is 19.1 Å². The van der Waals surface area contributed by atoms with Crippen LogP contribution in [0.1, 0.15) is 12.0 Å². The summed E-state index contributed by atoms with van der Waals surface area (Å²) in [5.74, 6) is -10.8. The Labute approximate surface area is 169 Å². The predicted molar refractivity (Wildman–Crippen MR) is 94.3 cm³/mol. The molecule has 1 aliphatic heterocycles. The van der Waals surface area contributed by atoms with E-state index >= 15 is 0 Å². The van der Waals surface area contributed by atoms with E-state index in [1.807, 2.05) is 0 Å². The molecule has 1 aromatic carbocycles. The first-order valence-electron chi connectivity index (χ1n) is 9.02. The Hall–Kier alpha value is -2.17. The molecule has 1 fully saturated rings. The van der Waals surface area contributed by atoms with Crippen molar-refractivity contribution in [3.8, 4) is 11.5 Å². The van der Waals surface area contributed by atoms with Crippen LogP contribution in [-0.2, 0) is 11.2 Å². The minimum atomic E-state index is -6.40. The van der Waals surface area contributed by atoms with Gasteiger partial charge in [-0.15, -0.1) is 0 Å². The zero-order valence-electron chi connectivity index (χ0n) is 16.4. The van der Waals surface area contributed by atoms with Crippen molar-refractivity contribution < 1.29 is 44.9 Å². The molecule has 11 heteroatoms. The van der Waals surface area contributed by atoms with Crippen molar-refractivity contribution >= 4 is 0 Å². The SMILES string of the molecule is COc1ccc(CC/C=C(\N2CCOCC2)C(F)(F)C(F)(F)C(F)(F)F)cc1OC. The molecule has 0 aromatic heterocycles. The first-order valence-corrected chi connectivity index (χ1v) is 9.02. The summed E-state index contributed by atoms with van der Waals surface area (Å²) in [6.07, 6.45) is -5.74. The number of allylic oxidation sites excluding steroid dienone is 2. The molecule has 1 aliphatic rings. The zero-order valence-corrected chi connectivity index (χ0v) is 16.4. The van der Waals surface area contributed by atoms with Gasteiger partial charge in [0.2, 0.25) is 0 Å². The molecule has 0 atom stereocenters. The van der Waals surface area contributed by atoms with Crippen molar-refractivity contribution in [3.05, 3.63) is 35.5 Å². The fraction of sp³-hybridized carbons (Fsp3) is 0.579. The van der Waals surface area contributed by atoms with E-state index in [2.05, 4.69) is 0 Å². The first-order chi connectivity index (χ1) is 14.0. The van der Waals surface area contributed by atoms with E-state index in [4.69, 9.17) is 14.2 Å². The lowest BCUT2D eigenvalue weighted by Crippen LogP contribution is -2.56. The molecule has 0 spiro atoms. The molecule has 170 valence electrons. The Kier molecular flexibility index (Phi) is 7.49. The van der Waals surface area contributed by atoms with Crippen LogP contribution >= 0.6 is 0 Å². The summed E-state index contributed by atoms with van der Waals surface area (Å²) in [5.41, 5.74) is -0.746. The second-order valence-corrected chi connectivity index (χ2v) is 6.56. The Balaban J connectivity index is 2.30. The van der Waals surface area contributed by atoms with Gasteiger partial charge in [-0.05, 0) is 30.5 Å². The number of methoxy groups -OCH3 is 2. The van der Waals surface area contributed by atoms with Gasteiger partial charge in [0.15, 0.2) is 11.5 Å². The molecule has 0 unspecified atom stereocenters. The summed E-state index contributed by atoms with van der Waals surface area (Å²) >= 11 is 0. The zero-order chi connectivity index (χ0) is 22.6. The minimum absolute atomic E-state index is 0.0549. The number of rotatable bonds is 8. The highest BCUT2D eigenvalue weighted by atomic mass is 19.4. The topological polar surface area (TPSA) is 30.9 Å². The number of alkyl halides is 7. The van der Waals surface area contributed by atoms with Gasteiger partial charge in [0.05, 0.1) is 33.1 Å². The smallest absolute Gasteiger partial charge is 0.460 e. The van der Waals surface area contributed by atoms with E-state index in [1.54, 1.807) is 18.2 Å². The number of aryl methyl sites for hydroxylation is 1. The number of hydrogen-bond donors (Lipinski definition) is 0. The van der Waals surface area contributed by atoms with Crippen molar-refractivity contribution in [1.82, 2.24) is 4.90 Å². The van der Waals surface area contributed by atoms with Crippen molar-refractivity contribution in [2.24, 2.45) is 0 Å². The normalized spacial score (nSPS) is 16.6. The van der Waals surface area contributed by atoms with Gasteiger partial charge in [-0.25, -0.2) is 0 Å². The third-order valence-corrected chi connectivity index (χ3v) is 4.64. The summed E-state index contributed by atoms with van der Waals surface area (Å²) in [5, 5.41) is 0. The van der Waals surface area contributed by atoms with Crippen LogP contribution in [-0.4, -0.2) is 63.4 Å². The van der Waals surface area contributed by atoms with Gasteiger partial charge in [0.25, 0.3) is 0 Å². The van der Waals surface area contributed by atoms with Gasteiger partial charge in [-0.3, -0.25) is 0 Å². The van der Waals surface area contributed by atoms with Crippen LogP contribution in [0.3, 0.4) is 0 Å². The van der Waals surface area contributed by atoms with Gasteiger partial charge in [0.1, 0.15) is 0 Å². The van der Waals surface area contributed by atoms with E-state index in [0.29, 0.717) is 17.1 Å². The van der Waals surface area contributed by atoms with Crippen molar-refractivity contribution in [2.75, 3.05) is 40.5 Å². The number of nitrogens with zero attached hydrogens (tertiary/aromatic N) is 1. The predicted octanol–water partition coefficient (Wildman–Crippen LogP) is 4.69. The highest BCUT2D eigenvalue weighted by Gasteiger charge is 2.74. The molecule has 0 aliphatic carbocycles. The minimum Gasteiger partial charge on any atom is -0.493 e. The van der Waals surface area contributed by atoms with Crippen molar-refractivity contribution in [2.45, 2.75) is 30.9 Å². The number of hydrogen-bond acceptors (Lipinski definition) is 4. The molecule has 30 heavy (non-hydrogen) atoms. The molecule has 1 saturated heterocycles. The van der Waals surface area contributed by atoms with Gasteiger partial charge in [-0.2, -0.15) is 30.7 Å². The van der Waals surface area contributed by atoms with Gasteiger partial charge in [0, 0.05) is 13.1 Å². The van der Waals surface area contributed by atoms with Crippen LogP contribution in [0.4, 0.5) is 30.7 Å². The van der Waals surface area contributed by atoms with E-state index in [0.717, 1.165) is 11.0 Å². The maximum Gasteiger partial charge on any atom is 0.460 e. The van der Waals surface area contributed by atoms with E-state index in [-0.39, 0.29) is 39.1 Å². The van der Waals surface area contributed by atoms with Crippen LogP contribution in [0.25, 0.3) is 0 Å². The summed E-state index contributed by atoms with van der Waals surface area (Å²) < 4.78 is 109. The van der Waals surface area contributed by atoms with E-state index in [9.17, 15) is 30.7 Å². The lowest BCUT2D eigenvalue weighted by atomic mass is 10.0. The average Bonchev–Trinajstić information content (AvgIpc) is 2.70. The first kappa shape index (κ1) is 24.1. The summed E-state index contributed by atoms with van der Waals surface area (Å²) in [7, 11) is 2.83. The Morgan fingerprint density at radius 2 is 1.60 bits per heavy atom. The van der Waals surface area contributed by atoms with Crippen LogP contribution in [0.15, 0.2) is 30.0 Å². The van der Waals surface area contributed by atoms with Gasteiger partial charge >= 0.3 is 18.0 Å². The van der Waals surface area contributed by atoms with Gasteiger partial charge in [-0.1, -0.05) is 12.1 Å². The molecule has 2 rings (SSSR count). The number of ether oxygens (including phenoxy) is 3. The largest absolute Gasteiger partial charge is 0.493 e. The third-order valence-electron chi connectivity index (χ3n) is 4.64. The Morgan fingerprint density at radius 3 is 2.13 bits per heavy atom. The maximum absolute atomic E-state index is 14.4. The molecule has 0 radical (unpaired) electrons. The standard InChI is InChI=1S/C19H22F7NO3/c1-28-14-7-6-13(12-15(14)29-2)4-3-5-16(27-8-10-30-11-9-27)17(20,21)18(22,23)19(24,25)26/h5-7,12H,3-4,8-11H2,1-2H3/b16-5-. The van der Waals surface area contributed by atoms with Crippen LogP contribution in [0, 0.1) is 0 Å². The molecular weight excluding hydrogens is 423 g/mol. The Morgan fingerprint density at radius 1 is 1.00 bits per heavy atom. The number of halogens is 7. The molecule has 0 saturated carbocycles. The average molecular weight is 445 g/mol. The van der Waals surface area contributed by atoms with E-state index < -0.39 is 23.7 Å². The van der Waals surface area contributed by atoms with E-state index in [1.165, 1.54) is 14.2 Å².